The van der Waals surface area contributed by atoms with Gasteiger partial charge < -0.3 is 9.64 Å². The van der Waals surface area contributed by atoms with E-state index in [0.717, 1.165) is 18.4 Å². The Morgan fingerprint density at radius 2 is 1.97 bits per heavy atom. The molecule has 1 saturated carbocycles. The topological polar surface area (TPSA) is 85.0 Å². The highest BCUT2D eigenvalue weighted by Gasteiger charge is 2.29. The van der Waals surface area contributed by atoms with Crippen LogP contribution in [0.2, 0.25) is 0 Å². The third-order valence-electron chi connectivity index (χ3n) is 5.35. The predicted molar refractivity (Wildman–Crippen MR) is 120 cm³/mol. The van der Waals surface area contributed by atoms with Gasteiger partial charge >= 0.3 is 6.61 Å². The second kappa shape index (κ2) is 10.2. The van der Waals surface area contributed by atoms with E-state index in [4.69, 9.17) is 5.14 Å². The number of halogens is 3. The van der Waals surface area contributed by atoms with Gasteiger partial charge in [-0.3, -0.25) is 4.79 Å². The fourth-order valence-electron chi connectivity index (χ4n) is 3.82. The molecule has 0 heterocycles. The van der Waals surface area contributed by atoms with Crippen LogP contribution in [0.5, 0.6) is 5.75 Å². The van der Waals surface area contributed by atoms with Crippen LogP contribution in [-0.4, -0.2) is 35.7 Å². The van der Waals surface area contributed by atoms with Crippen LogP contribution in [-0.2, 0) is 34.1 Å². The van der Waals surface area contributed by atoms with E-state index in [1.165, 1.54) is 24.3 Å². The molecule has 0 saturated heterocycles. The van der Waals surface area contributed by atoms with E-state index in [-0.39, 0.29) is 23.0 Å². The number of nitrogens with two attached hydrogens (primary N) is 1. The predicted octanol–water partition coefficient (Wildman–Crippen LogP) is 4.40. The van der Waals surface area contributed by atoms with E-state index in [1.807, 2.05) is 25.9 Å². The van der Waals surface area contributed by atoms with E-state index < -0.39 is 28.3 Å². The average Bonchev–Trinajstić information content (AvgIpc) is 3.52. The quantitative estimate of drug-likeness (QED) is 0.573. The van der Waals surface area contributed by atoms with Gasteiger partial charge in [0.1, 0.15) is 21.5 Å². The first-order chi connectivity index (χ1) is 15.5. The summed E-state index contributed by atoms with van der Waals surface area (Å²) in [4.78, 5) is 14.3. The second-order valence-corrected chi connectivity index (χ2v) is 10.1. The Morgan fingerprint density at radius 3 is 2.52 bits per heavy atom. The van der Waals surface area contributed by atoms with Crippen molar-refractivity contribution in [3.8, 4) is 5.75 Å². The minimum Gasteiger partial charge on any atom is -0.435 e. The Kier molecular flexibility index (Phi) is 7.81. The number of rotatable bonds is 9. The number of hydrogen-bond donors (Lipinski definition) is 1. The lowest BCUT2D eigenvalue weighted by Gasteiger charge is -2.16. The van der Waals surface area contributed by atoms with E-state index >= 15 is 0 Å². The molecule has 0 aromatic heterocycles. The molecule has 180 valence electrons. The lowest BCUT2D eigenvalue weighted by atomic mass is 9.93. The standard InChI is InChI=1S/C23H28F3N3O3S/c1-4-15-10-17(32-23(25)26)11-18(16-6-7-16)19(15)12-22(30)28-33(27,31)21-8-5-14(9-20(21)24)13-29(2)3/h5,8-11,16,23H,4,6-7,12-13H2,1-3H3,(H2,27,28,30,31). The first kappa shape index (κ1) is 25.2. The number of benzene rings is 2. The zero-order chi connectivity index (χ0) is 24.3. The highest BCUT2D eigenvalue weighted by atomic mass is 32.2. The Hall–Kier alpha value is -2.43. The van der Waals surface area contributed by atoms with Crippen LogP contribution < -0.4 is 9.88 Å². The molecule has 0 spiro atoms. The Bertz CT molecular complexity index is 1160. The van der Waals surface area contributed by atoms with Gasteiger partial charge in [0.15, 0.2) is 0 Å². The lowest BCUT2D eigenvalue weighted by molar-refractivity contribution is -0.117. The highest BCUT2D eigenvalue weighted by molar-refractivity contribution is 7.91. The number of amides is 1. The second-order valence-electron chi connectivity index (χ2n) is 8.39. The normalized spacial score (nSPS) is 15.5. The van der Waals surface area contributed by atoms with Crippen LogP contribution in [0.15, 0.2) is 39.6 Å². The van der Waals surface area contributed by atoms with Gasteiger partial charge in [-0.2, -0.15) is 8.78 Å². The summed E-state index contributed by atoms with van der Waals surface area (Å²) in [6.07, 6.45) is 2.01. The molecule has 1 unspecified atom stereocenters. The van der Waals surface area contributed by atoms with Crippen LogP contribution in [0, 0.1) is 5.82 Å². The molecule has 1 atom stereocenters. The van der Waals surface area contributed by atoms with Crippen LogP contribution in [0.1, 0.15) is 47.9 Å². The maximum atomic E-state index is 14.6. The van der Waals surface area contributed by atoms with Crippen LogP contribution in [0.25, 0.3) is 0 Å². The smallest absolute Gasteiger partial charge is 0.387 e. The Balaban J connectivity index is 1.91. The number of alkyl halides is 2. The molecular weight excluding hydrogens is 455 g/mol. The van der Waals surface area contributed by atoms with Crippen molar-refractivity contribution in [3.63, 3.8) is 0 Å². The molecule has 1 amide bonds. The fraction of sp³-hybridized carbons (Fsp3) is 0.435. The number of nitrogens with zero attached hydrogens (tertiary/aromatic N) is 2. The summed E-state index contributed by atoms with van der Waals surface area (Å²) in [5.74, 6) is -1.37. The molecule has 2 aromatic rings. The van der Waals surface area contributed by atoms with E-state index in [0.29, 0.717) is 29.7 Å². The average molecular weight is 484 g/mol. The van der Waals surface area contributed by atoms with E-state index in [9.17, 15) is 22.2 Å². The molecule has 1 aliphatic carbocycles. The highest BCUT2D eigenvalue weighted by Crippen LogP contribution is 2.44. The van der Waals surface area contributed by atoms with Gasteiger partial charge in [-0.25, -0.2) is 13.7 Å². The summed E-state index contributed by atoms with van der Waals surface area (Å²) in [6, 6.07) is 7.10. The summed E-state index contributed by atoms with van der Waals surface area (Å²) < 4.78 is 61.2. The molecule has 33 heavy (non-hydrogen) atoms. The maximum absolute atomic E-state index is 14.6. The number of hydrogen-bond acceptors (Lipinski definition) is 4. The summed E-state index contributed by atoms with van der Waals surface area (Å²) in [7, 11) is -0.140. The van der Waals surface area contributed by atoms with Crippen molar-refractivity contribution in [1.82, 2.24) is 4.90 Å². The Morgan fingerprint density at radius 1 is 1.27 bits per heavy atom. The fourth-order valence-corrected chi connectivity index (χ4v) is 4.88. The monoisotopic (exact) mass is 483 g/mol. The molecule has 10 heteroatoms. The summed E-state index contributed by atoms with van der Waals surface area (Å²) in [6.45, 7) is -0.640. The summed E-state index contributed by atoms with van der Waals surface area (Å²) >= 11 is 0. The zero-order valence-corrected chi connectivity index (χ0v) is 19.6. The minimum atomic E-state index is -3.80. The largest absolute Gasteiger partial charge is 0.435 e. The van der Waals surface area contributed by atoms with Gasteiger partial charge in [0.05, 0.1) is 11.3 Å². The first-order valence-electron chi connectivity index (χ1n) is 10.6. The molecule has 0 aliphatic heterocycles. The van der Waals surface area contributed by atoms with Gasteiger partial charge in [-0.1, -0.05) is 13.0 Å². The summed E-state index contributed by atoms with van der Waals surface area (Å²) in [5.41, 5.74) is 2.72. The molecule has 3 rings (SSSR count). The van der Waals surface area contributed by atoms with Gasteiger partial charge in [0.2, 0.25) is 0 Å². The number of ether oxygens (including phenoxy) is 1. The molecular formula is C23H28F3N3O3S. The van der Waals surface area contributed by atoms with E-state index in [1.54, 1.807) is 6.07 Å². The van der Waals surface area contributed by atoms with Crippen molar-refractivity contribution in [2.24, 2.45) is 9.50 Å². The molecule has 0 bridgehead atoms. The Labute approximate surface area is 192 Å². The van der Waals surface area contributed by atoms with Crippen LogP contribution >= 0.6 is 0 Å². The molecule has 2 aromatic carbocycles. The van der Waals surface area contributed by atoms with Gasteiger partial charge in [-0.05, 0) is 85.8 Å². The SMILES string of the molecule is CCc1cc(OC(F)F)cc(C2CC2)c1CC(=O)N=S(N)(=O)c1ccc(CN(C)C)cc1F. The lowest BCUT2D eigenvalue weighted by Crippen LogP contribution is -2.18. The third kappa shape index (κ3) is 6.55. The van der Waals surface area contributed by atoms with E-state index in [2.05, 4.69) is 9.10 Å². The van der Waals surface area contributed by atoms with Gasteiger partial charge in [0.25, 0.3) is 5.91 Å². The molecule has 1 aliphatic rings. The molecule has 2 N–H and O–H groups in total. The first-order valence-corrected chi connectivity index (χ1v) is 12.2. The van der Waals surface area contributed by atoms with Crippen molar-refractivity contribution in [1.29, 1.82) is 0 Å². The van der Waals surface area contributed by atoms with Crippen molar-refractivity contribution < 1.29 is 26.9 Å². The van der Waals surface area contributed by atoms with Crippen molar-refractivity contribution >= 4 is 15.8 Å². The van der Waals surface area contributed by atoms with Crippen LogP contribution in [0.3, 0.4) is 0 Å². The minimum absolute atomic E-state index is 0.0411. The maximum Gasteiger partial charge on any atom is 0.387 e. The molecule has 1 fully saturated rings. The zero-order valence-electron chi connectivity index (χ0n) is 18.8. The molecule has 0 radical (unpaired) electrons. The molecule has 6 nitrogen and oxygen atoms in total. The van der Waals surface area contributed by atoms with Crippen molar-refractivity contribution in [2.45, 2.75) is 56.6 Å². The third-order valence-corrected chi connectivity index (χ3v) is 6.79. The van der Waals surface area contributed by atoms with Crippen LogP contribution in [0.4, 0.5) is 13.2 Å². The summed E-state index contributed by atoms with van der Waals surface area (Å²) in [5, 5.41) is 5.79. The number of carbonyl (C=O) groups is 1. The number of aryl methyl sites for hydroxylation is 1. The van der Waals surface area contributed by atoms with Crippen molar-refractivity contribution in [2.75, 3.05) is 14.1 Å². The number of carbonyl (C=O) groups excluding carboxylic acids is 1. The van der Waals surface area contributed by atoms with Gasteiger partial charge in [0, 0.05) is 6.54 Å². The van der Waals surface area contributed by atoms with Crippen molar-refractivity contribution in [3.05, 3.63) is 58.4 Å². The van der Waals surface area contributed by atoms with Gasteiger partial charge in [-0.15, -0.1) is 4.36 Å².